The van der Waals surface area contributed by atoms with Gasteiger partial charge in [-0.05, 0) is 57.9 Å². The fraction of sp³-hybridized carbons (Fsp3) is 0.412. The van der Waals surface area contributed by atoms with Crippen molar-refractivity contribution in [3.05, 3.63) is 44.7 Å². The van der Waals surface area contributed by atoms with Crippen molar-refractivity contribution in [1.82, 2.24) is 9.88 Å². The van der Waals surface area contributed by atoms with Gasteiger partial charge in [-0.15, -0.1) is 11.3 Å². The molecule has 1 unspecified atom stereocenters. The molecular weight excluding hydrogens is 374 g/mol. The first kappa shape index (κ1) is 15.1. The molecule has 4 nitrogen and oxygen atoms in total. The second kappa shape index (κ2) is 6.24. The van der Waals surface area contributed by atoms with Crippen molar-refractivity contribution in [3.8, 4) is 0 Å². The molecule has 4 heterocycles. The summed E-state index contributed by atoms with van der Waals surface area (Å²) in [7, 11) is 0. The van der Waals surface area contributed by atoms with Gasteiger partial charge in [0.2, 0.25) is 5.91 Å². The molecule has 0 bridgehead atoms. The van der Waals surface area contributed by atoms with E-state index in [1.165, 1.54) is 10.4 Å². The molecule has 23 heavy (non-hydrogen) atoms. The molecule has 0 aromatic carbocycles. The number of carbonyl (C=O) groups excluding carboxylic acids is 1. The van der Waals surface area contributed by atoms with Crippen LogP contribution in [0.3, 0.4) is 0 Å². The zero-order valence-corrected chi connectivity index (χ0v) is 15.1. The number of hydrogen-bond donors (Lipinski definition) is 0. The maximum atomic E-state index is 12.8. The molecule has 0 saturated carbocycles. The highest BCUT2D eigenvalue weighted by Gasteiger charge is 2.33. The third-order valence-corrected chi connectivity index (χ3v) is 6.18. The van der Waals surface area contributed by atoms with Crippen LogP contribution in [0.2, 0.25) is 0 Å². The predicted octanol–water partition coefficient (Wildman–Crippen LogP) is 3.32. The molecule has 2 aromatic rings. The minimum absolute atomic E-state index is 0.0978. The number of thiophene rings is 1. The standard InChI is InChI=1S/C17H18BrN3OS/c18-14-1-2-16(19-9-14)20-6-3-13(11-20)17(22)21-7-4-15-12(10-21)5-8-23-15/h1-2,5,8-9,13H,3-4,6-7,10-11H2. The summed E-state index contributed by atoms with van der Waals surface area (Å²) in [6, 6.07) is 6.17. The van der Waals surface area contributed by atoms with Gasteiger partial charge in [-0.2, -0.15) is 0 Å². The summed E-state index contributed by atoms with van der Waals surface area (Å²) in [5.41, 5.74) is 1.33. The van der Waals surface area contributed by atoms with Crippen LogP contribution < -0.4 is 4.90 Å². The Bertz CT molecular complexity index is 715. The van der Waals surface area contributed by atoms with E-state index in [1.807, 2.05) is 34.6 Å². The number of pyridine rings is 1. The number of fused-ring (bicyclic) bond motifs is 1. The lowest BCUT2D eigenvalue weighted by Gasteiger charge is -2.29. The Morgan fingerprint density at radius 3 is 3.04 bits per heavy atom. The van der Waals surface area contributed by atoms with Crippen molar-refractivity contribution in [3.63, 3.8) is 0 Å². The van der Waals surface area contributed by atoms with Crippen molar-refractivity contribution < 1.29 is 4.79 Å². The van der Waals surface area contributed by atoms with Crippen molar-refractivity contribution in [2.45, 2.75) is 19.4 Å². The summed E-state index contributed by atoms with van der Waals surface area (Å²) in [5.74, 6) is 1.37. The van der Waals surface area contributed by atoms with E-state index in [9.17, 15) is 4.79 Å². The Balaban J connectivity index is 1.41. The Kier molecular flexibility index (Phi) is 4.11. The van der Waals surface area contributed by atoms with Crippen LogP contribution in [0.1, 0.15) is 16.9 Å². The van der Waals surface area contributed by atoms with Crippen molar-refractivity contribution in [1.29, 1.82) is 0 Å². The Morgan fingerprint density at radius 1 is 1.30 bits per heavy atom. The van der Waals surface area contributed by atoms with E-state index in [0.29, 0.717) is 5.91 Å². The summed E-state index contributed by atoms with van der Waals surface area (Å²) in [6.07, 6.45) is 3.74. The minimum Gasteiger partial charge on any atom is -0.356 e. The molecule has 1 atom stereocenters. The molecule has 2 aromatic heterocycles. The third-order valence-electron chi connectivity index (χ3n) is 4.69. The average Bonchev–Trinajstić information content (AvgIpc) is 3.23. The summed E-state index contributed by atoms with van der Waals surface area (Å²) >= 11 is 5.22. The maximum Gasteiger partial charge on any atom is 0.227 e. The largest absolute Gasteiger partial charge is 0.356 e. The van der Waals surface area contributed by atoms with E-state index in [-0.39, 0.29) is 5.92 Å². The zero-order valence-electron chi connectivity index (χ0n) is 12.7. The van der Waals surface area contributed by atoms with Gasteiger partial charge in [0.1, 0.15) is 5.82 Å². The monoisotopic (exact) mass is 391 g/mol. The predicted molar refractivity (Wildman–Crippen MR) is 95.7 cm³/mol. The maximum absolute atomic E-state index is 12.8. The molecule has 2 aliphatic heterocycles. The minimum atomic E-state index is 0.0978. The van der Waals surface area contributed by atoms with Gasteiger partial charge >= 0.3 is 0 Å². The first-order chi connectivity index (χ1) is 11.2. The molecule has 4 rings (SSSR count). The van der Waals surface area contributed by atoms with Crippen LogP contribution in [0.5, 0.6) is 0 Å². The number of nitrogens with zero attached hydrogens (tertiary/aromatic N) is 3. The second-order valence-electron chi connectivity index (χ2n) is 6.15. The first-order valence-corrected chi connectivity index (χ1v) is 9.58. The van der Waals surface area contributed by atoms with Crippen LogP contribution in [0.25, 0.3) is 0 Å². The fourth-order valence-corrected chi connectivity index (χ4v) is 4.54. The lowest BCUT2D eigenvalue weighted by Crippen LogP contribution is -2.40. The molecule has 1 amide bonds. The molecule has 0 spiro atoms. The van der Waals surface area contributed by atoms with E-state index in [1.54, 1.807) is 0 Å². The highest BCUT2D eigenvalue weighted by atomic mass is 79.9. The topological polar surface area (TPSA) is 36.4 Å². The van der Waals surface area contributed by atoms with Crippen molar-refractivity contribution >= 4 is 39.0 Å². The van der Waals surface area contributed by atoms with Crippen LogP contribution in [0, 0.1) is 5.92 Å². The van der Waals surface area contributed by atoms with Gasteiger partial charge in [-0.3, -0.25) is 4.79 Å². The normalized spacial score (nSPS) is 20.7. The van der Waals surface area contributed by atoms with Crippen LogP contribution in [0.4, 0.5) is 5.82 Å². The zero-order chi connectivity index (χ0) is 15.8. The number of rotatable bonds is 2. The highest BCUT2D eigenvalue weighted by Crippen LogP contribution is 2.28. The summed E-state index contributed by atoms with van der Waals surface area (Å²) in [6.45, 7) is 3.33. The van der Waals surface area contributed by atoms with Crippen LogP contribution in [0.15, 0.2) is 34.2 Å². The molecule has 1 fully saturated rings. The number of anilines is 1. The van der Waals surface area contributed by atoms with E-state index in [0.717, 1.165) is 49.3 Å². The number of aromatic nitrogens is 1. The smallest absolute Gasteiger partial charge is 0.227 e. The van der Waals surface area contributed by atoms with Gasteiger partial charge in [0.15, 0.2) is 0 Å². The Morgan fingerprint density at radius 2 is 2.22 bits per heavy atom. The molecule has 2 aliphatic rings. The number of hydrogen-bond acceptors (Lipinski definition) is 4. The van der Waals surface area contributed by atoms with E-state index in [4.69, 9.17) is 0 Å². The first-order valence-electron chi connectivity index (χ1n) is 7.91. The van der Waals surface area contributed by atoms with Crippen LogP contribution in [-0.4, -0.2) is 35.4 Å². The molecular formula is C17H18BrN3OS. The van der Waals surface area contributed by atoms with Crippen LogP contribution >= 0.6 is 27.3 Å². The van der Waals surface area contributed by atoms with Gasteiger partial charge in [0.05, 0.1) is 5.92 Å². The van der Waals surface area contributed by atoms with Crippen LogP contribution in [-0.2, 0) is 17.8 Å². The lowest BCUT2D eigenvalue weighted by molar-refractivity contribution is -0.135. The van der Waals surface area contributed by atoms with Gasteiger partial charge < -0.3 is 9.80 Å². The third kappa shape index (κ3) is 3.02. The summed E-state index contributed by atoms with van der Waals surface area (Å²) in [4.78, 5) is 23.0. The number of carbonyl (C=O) groups is 1. The molecule has 120 valence electrons. The Labute approximate surface area is 148 Å². The quantitative estimate of drug-likeness (QED) is 0.787. The number of amides is 1. The van der Waals surface area contributed by atoms with Gasteiger partial charge in [0.25, 0.3) is 0 Å². The SMILES string of the molecule is O=C(C1CCN(c2ccc(Br)cn2)C1)N1CCc2sccc2C1. The van der Waals surface area contributed by atoms with Gasteiger partial charge in [-0.1, -0.05) is 0 Å². The molecule has 6 heteroatoms. The Hall–Kier alpha value is -1.40. The molecule has 1 saturated heterocycles. The molecule has 0 N–H and O–H groups in total. The summed E-state index contributed by atoms with van der Waals surface area (Å²) in [5, 5.41) is 2.13. The fourth-order valence-electron chi connectivity index (χ4n) is 3.42. The van der Waals surface area contributed by atoms with Gasteiger partial charge in [-0.25, -0.2) is 4.98 Å². The van der Waals surface area contributed by atoms with E-state index in [2.05, 4.69) is 37.3 Å². The van der Waals surface area contributed by atoms with Crippen molar-refractivity contribution in [2.24, 2.45) is 5.92 Å². The van der Waals surface area contributed by atoms with E-state index >= 15 is 0 Å². The summed E-state index contributed by atoms with van der Waals surface area (Å²) < 4.78 is 0.980. The van der Waals surface area contributed by atoms with Crippen molar-refractivity contribution in [2.75, 3.05) is 24.5 Å². The molecule has 0 aliphatic carbocycles. The van der Waals surface area contributed by atoms with E-state index < -0.39 is 0 Å². The molecule has 0 radical (unpaired) electrons. The average molecular weight is 392 g/mol. The second-order valence-corrected chi connectivity index (χ2v) is 8.06. The number of halogens is 1. The highest BCUT2D eigenvalue weighted by molar-refractivity contribution is 9.10. The lowest BCUT2D eigenvalue weighted by atomic mass is 10.0. The van der Waals surface area contributed by atoms with Gasteiger partial charge in [0, 0.05) is 41.7 Å².